The Hall–Kier alpha value is -2.36. The summed E-state index contributed by atoms with van der Waals surface area (Å²) < 4.78 is 0. The normalized spacial score (nSPS) is 10.8. The van der Waals surface area contributed by atoms with E-state index in [1.807, 2.05) is 36.4 Å². The zero-order chi connectivity index (χ0) is 11.4. The predicted octanol–water partition coefficient (Wildman–Crippen LogP) is 1.81. The van der Waals surface area contributed by atoms with Crippen molar-refractivity contribution in [2.24, 2.45) is 0 Å². The zero-order valence-corrected chi connectivity index (χ0v) is 8.67. The number of aromatic nitrogens is 2. The highest BCUT2D eigenvalue weighted by Crippen LogP contribution is 2.10. The number of hydrogen-bond donors (Lipinski definition) is 2. The highest BCUT2D eigenvalue weighted by atomic mass is 15.0. The molecule has 16 heavy (non-hydrogen) atoms. The first kappa shape index (κ1) is 10.2. The van der Waals surface area contributed by atoms with Crippen molar-refractivity contribution >= 4 is 23.7 Å². The Bertz CT molecular complexity index is 506. The molecule has 2 rings (SSSR count). The lowest BCUT2D eigenvalue weighted by molar-refractivity contribution is 1.15. The summed E-state index contributed by atoms with van der Waals surface area (Å²) in [4.78, 5) is 8.09. The van der Waals surface area contributed by atoms with Crippen LogP contribution in [0.2, 0.25) is 0 Å². The molecule has 0 aliphatic carbocycles. The van der Waals surface area contributed by atoms with Gasteiger partial charge in [0.1, 0.15) is 0 Å². The minimum absolute atomic E-state index is 0.308. The second-order valence-corrected chi connectivity index (χ2v) is 3.31. The van der Waals surface area contributed by atoms with Crippen molar-refractivity contribution in [2.75, 3.05) is 11.5 Å². The molecule has 1 heterocycles. The number of rotatable bonds is 2. The van der Waals surface area contributed by atoms with Crippen LogP contribution in [0.5, 0.6) is 0 Å². The van der Waals surface area contributed by atoms with Gasteiger partial charge in [-0.05, 0) is 11.6 Å². The average molecular weight is 212 g/mol. The number of nitrogens with two attached hydrogens (primary N) is 2. The standard InChI is InChI=1S/C12H12N4/c13-10-8-15-11(16-12(10)14)7-6-9-4-2-1-3-5-9/h1-8H,13H2,(H2,14,15,16)/b7-6+. The molecule has 1 aromatic heterocycles. The van der Waals surface area contributed by atoms with E-state index in [2.05, 4.69) is 9.97 Å². The summed E-state index contributed by atoms with van der Waals surface area (Å²) in [6.45, 7) is 0. The molecule has 80 valence electrons. The molecule has 1 aromatic carbocycles. The van der Waals surface area contributed by atoms with Crippen molar-refractivity contribution in [1.82, 2.24) is 9.97 Å². The topological polar surface area (TPSA) is 77.8 Å². The van der Waals surface area contributed by atoms with Crippen LogP contribution in [0, 0.1) is 0 Å². The maximum absolute atomic E-state index is 5.58. The SMILES string of the molecule is Nc1cnc(/C=C/c2ccccc2)nc1N. The van der Waals surface area contributed by atoms with Gasteiger partial charge in [-0.2, -0.15) is 0 Å². The number of benzene rings is 1. The largest absolute Gasteiger partial charge is 0.394 e. The Morgan fingerprint density at radius 1 is 1.00 bits per heavy atom. The molecule has 0 aliphatic heterocycles. The minimum Gasteiger partial charge on any atom is -0.394 e. The first-order chi connectivity index (χ1) is 7.75. The quantitative estimate of drug-likeness (QED) is 0.795. The van der Waals surface area contributed by atoms with Crippen LogP contribution in [-0.4, -0.2) is 9.97 Å². The minimum atomic E-state index is 0.308. The fraction of sp³-hybridized carbons (Fsp3) is 0. The fourth-order valence-electron chi connectivity index (χ4n) is 1.23. The molecule has 0 bridgehead atoms. The molecule has 2 aromatic rings. The third-order valence-corrected chi connectivity index (χ3v) is 2.09. The summed E-state index contributed by atoms with van der Waals surface area (Å²) in [6, 6.07) is 9.90. The average Bonchev–Trinajstić information content (AvgIpc) is 2.32. The molecule has 0 fully saturated rings. The van der Waals surface area contributed by atoms with Gasteiger partial charge in [0.25, 0.3) is 0 Å². The summed E-state index contributed by atoms with van der Waals surface area (Å²) in [5.74, 6) is 0.860. The molecule has 0 saturated carbocycles. The number of nitrogens with zero attached hydrogens (tertiary/aromatic N) is 2. The third kappa shape index (κ3) is 2.36. The Labute approximate surface area is 93.6 Å². The van der Waals surface area contributed by atoms with Crippen molar-refractivity contribution in [3.05, 3.63) is 47.9 Å². The Balaban J connectivity index is 2.21. The molecular formula is C12H12N4. The van der Waals surface area contributed by atoms with E-state index in [1.165, 1.54) is 6.20 Å². The van der Waals surface area contributed by atoms with E-state index in [4.69, 9.17) is 11.5 Å². The smallest absolute Gasteiger partial charge is 0.154 e. The van der Waals surface area contributed by atoms with Gasteiger partial charge in [0, 0.05) is 0 Å². The Kier molecular flexibility index (Phi) is 2.82. The molecule has 0 radical (unpaired) electrons. The maximum Gasteiger partial charge on any atom is 0.154 e. The second-order valence-electron chi connectivity index (χ2n) is 3.31. The van der Waals surface area contributed by atoms with Crippen LogP contribution in [0.4, 0.5) is 11.5 Å². The van der Waals surface area contributed by atoms with Crippen LogP contribution in [0.1, 0.15) is 11.4 Å². The lowest BCUT2D eigenvalue weighted by Gasteiger charge is -1.98. The summed E-state index contributed by atoms with van der Waals surface area (Å²) in [6.07, 6.45) is 5.23. The molecule has 0 saturated heterocycles. The van der Waals surface area contributed by atoms with Gasteiger partial charge in [-0.3, -0.25) is 0 Å². The highest BCUT2D eigenvalue weighted by molar-refractivity contribution is 5.68. The second kappa shape index (κ2) is 4.44. The van der Waals surface area contributed by atoms with Crippen LogP contribution in [0.25, 0.3) is 12.2 Å². The number of anilines is 2. The van der Waals surface area contributed by atoms with Gasteiger partial charge in [0.15, 0.2) is 11.6 Å². The van der Waals surface area contributed by atoms with Crippen molar-refractivity contribution < 1.29 is 0 Å². The van der Waals surface area contributed by atoms with E-state index in [0.29, 0.717) is 17.3 Å². The van der Waals surface area contributed by atoms with Gasteiger partial charge in [-0.1, -0.05) is 36.4 Å². The molecule has 0 amide bonds. The molecule has 0 aliphatic rings. The summed E-state index contributed by atoms with van der Waals surface area (Å²) >= 11 is 0. The summed E-state index contributed by atoms with van der Waals surface area (Å²) in [7, 11) is 0. The maximum atomic E-state index is 5.58. The Morgan fingerprint density at radius 2 is 1.75 bits per heavy atom. The summed E-state index contributed by atoms with van der Waals surface area (Å²) in [5.41, 5.74) is 12.6. The van der Waals surface area contributed by atoms with Crippen molar-refractivity contribution in [3.8, 4) is 0 Å². The van der Waals surface area contributed by atoms with Crippen LogP contribution < -0.4 is 11.5 Å². The van der Waals surface area contributed by atoms with Gasteiger partial charge in [0.05, 0.1) is 11.9 Å². The molecule has 0 atom stereocenters. The van der Waals surface area contributed by atoms with E-state index < -0.39 is 0 Å². The van der Waals surface area contributed by atoms with E-state index in [0.717, 1.165) is 5.56 Å². The van der Waals surface area contributed by atoms with E-state index in [-0.39, 0.29) is 0 Å². The first-order valence-corrected chi connectivity index (χ1v) is 4.87. The number of nitrogen functional groups attached to an aromatic ring is 2. The lowest BCUT2D eigenvalue weighted by atomic mass is 10.2. The monoisotopic (exact) mass is 212 g/mol. The molecular weight excluding hydrogens is 200 g/mol. The molecule has 4 nitrogen and oxygen atoms in total. The third-order valence-electron chi connectivity index (χ3n) is 2.09. The first-order valence-electron chi connectivity index (χ1n) is 4.87. The van der Waals surface area contributed by atoms with Gasteiger partial charge in [-0.25, -0.2) is 9.97 Å². The van der Waals surface area contributed by atoms with E-state index in [9.17, 15) is 0 Å². The number of hydrogen-bond acceptors (Lipinski definition) is 4. The predicted molar refractivity (Wildman–Crippen MR) is 66.2 cm³/mol. The van der Waals surface area contributed by atoms with E-state index in [1.54, 1.807) is 6.08 Å². The Morgan fingerprint density at radius 3 is 2.44 bits per heavy atom. The van der Waals surface area contributed by atoms with Gasteiger partial charge >= 0.3 is 0 Å². The highest BCUT2D eigenvalue weighted by Gasteiger charge is 1.96. The van der Waals surface area contributed by atoms with Crippen LogP contribution >= 0.6 is 0 Å². The fourth-order valence-corrected chi connectivity index (χ4v) is 1.23. The van der Waals surface area contributed by atoms with Crippen LogP contribution in [-0.2, 0) is 0 Å². The van der Waals surface area contributed by atoms with Crippen molar-refractivity contribution in [2.45, 2.75) is 0 Å². The van der Waals surface area contributed by atoms with Crippen LogP contribution in [0.15, 0.2) is 36.5 Å². The lowest BCUT2D eigenvalue weighted by Crippen LogP contribution is -2.00. The molecule has 0 unspecified atom stereocenters. The van der Waals surface area contributed by atoms with Gasteiger partial charge in [0.2, 0.25) is 0 Å². The van der Waals surface area contributed by atoms with Gasteiger partial charge < -0.3 is 11.5 Å². The summed E-state index contributed by atoms with van der Waals surface area (Å²) in [5, 5.41) is 0. The van der Waals surface area contributed by atoms with Crippen molar-refractivity contribution in [1.29, 1.82) is 0 Å². The molecule has 0 spiro atoms. The van der Waals surface area contributed by atoms with Crippen molar-refractivity contribution in [3.63, 3.8) is 0 Å². The van der Waals surface area contributed by atoms with Crippen LogP contribution in [0.3, 0.4) is 0 Å². The van der Waals surface area contributed by atoms with Gasteiger partial charge in [-0.15, -0.1) is 0 Å². The zero-order valence-electron chi connectivity index (χ0n) is 8.67. The van der Waals surface area contributed by atoms with E-state index >= 15 is 0 Å². The molecule has 4 N–H and O–H groups in total. The molecule has 4 heteroatoms.